The third kappa shape index (κ3) is 7.65. The number of hydrogen-bond acceptors (Lipinski definition) is 4. The number of hydrogen-bond donors (Lipinski definition) is 2. The van der Waals surface area contributed by atoms with E-state index in [0.29, 0.717) is 25.7 Å². The van der Waals surface area contributed by atoms with Crippen LogP contribution in [0.4, 0.5) is 0 Å². The lowest BCUT2D eigenvalue weighted by atomic mass is 10.2. The number of ether oxygens (including phenoxy) is 1. The molecule has 2 unspecified atom stereocenters. The quantitative estimate of drug-likeness (QED) is 0.239. The Morgan fingerprint density at radius 2 is 2.00 bits per heavy atom. The molecule has 146 valence electrons. The molecule has 0 bridgehead atoms. The zero-order valence-corrected chi connectivity index (χ0v) is 18.1. The standard InChI is InChI=1S/C17H33N5O2.HI/c1-4-5-14-12-15(14)20-17(18-2)22-9-7-21(8-10-22)13-16(23)19-6-11-24-3;/h14-15H,4-13H2,1-3H3,(H,18,20)(H,19,23);1H. The highest BCUT2D eigenvalue weighted by atomic mass is 127. The Hall–Kier alpha value is -0.610. The number of amides is 1. The molecular formula is C17H34IN5O2. The van der Waals surface area contributed by atoms with Gasteiger partial charge in [0.2, 0.25) is 5.91 Å². The number of guanidine groups is 1. The van der Waals surface area contributed by atoms with Crippen molar-refractivity contribution in [2.75, 3.05) is 60.0 Å². The first-order chi connectivity index (χ1) is 11.7. The highest BCUT2D eigenvalue weighted by Gasteiger charge is 2.37. The molecule has 0 aromatic rings. The van der Waals surface area contributed by atoms with Gasteiger partial charge in [0.1, 0.15) is 0 Å². The molecule has 2 atom stereocenters. The maximum atomic E-state index is 11.9. The van der Waals surface area contributed by atoms with Crippen molar-refractivity contribution in [2.24, 2.45) is 10.9 Å². The van der Waals surface area contributed by atoms with Crippen molar-refractivity contribution in [1.82, 2.24) is 20.4 Å². The molecule has 1 saturated heterocycles. The van der Waals surface area contributed by atoms with Gasteiger partial charge in [0.05, 0.1) is 13.2 Å². The van der Waals surface area contributed by atoms with Gasteiger partial charge in [-0.2, -0.15) is 0 Å². The Balaban J connectivity index is 0.00000312. The summed E-state index contributed by atoms with van der Waals surface area (Å²) in [6.07, 6.45) is 3.83. The molecular weight excluding hydrogens is 433 g/mol. The Morgan fingerprint density at radius 1 is 1.28 bits per heavy atom. The topological polar surface area (TPSA) is 69.2 Å². The fourth-order valence-electron chi connectivity index (χ4n) is 3.25. The zero-order valence-electron chi connectivity index (χ0n) is 15.8. The van der Waals surface area contributed by atoms with Crippen LogP contribution in [0.2, 0.25) is 0 Å². The molecule has 1 aliphatic heterocycles. The molecule has 0 spiro atoms. The van der Waals surface area contributed by atoms with E-state index in [1.54, 1.807) is 7.11 Å². The van der Waals surface area contributed by atoms with E-state index in [4.69, 9.17) is 4.74 Å². The second-order valence-electron chi connectivity index (χ2n) is 6.69. The summed E-state index contributed by atoms with van der Waals surface area (Å²) in [4.78, 5) is 20.8. The van der Waals surface area contributed by atoms with Crippen molar-refractivity contribution in [3.63, 3.8) is 0 Å². The van der Waals surface area contributed by atoms with Crippen LogP contribution in [0.1, 0.15) is 26.2 Å². The number of rotatable bonds is 8. The van der Waals surface area contributed by atoms with Crippen molar-refractivity contribution in [2.45, 2.75) is 32.2 Å². The number of aliphatic imine (C=N–C) groups is 1. The number of methoxy groups -OCH3 is 1. The van der Waals surface area contributed by atoms with Crippen LogP contribution in [0.15, 0.2) is 4.99 Å². The third-order valence-electron chi connectivity index (χ3n) is 4.78. The van der Waals surface area contributed by atoms with Crippen molar-refractivity contribution in [3.05, 3.63) is 0 Å². The predicted molar refractivity (Wildman–Crippen MR) is 112 cm³/mol. The van der Waals surface area contributed by atoms with E-state index >= 15 is 0 Å². The number of halogens is 1. The zero-order chi connectivity index (χ0) is 17.4. The summed E-state index contributed by atoms with van der Waals surface area (Å²) in [6, 6.07) is 0.605. The van der Waals surface area contributed by atoms with Crippen LogP contribution < -0.4 is 10.6 Å². The SMILES string of the molecule is CCCC1CC1NC(=NC)N1CCN(CC(=O)NCCOC)CC1.I. The molecule has 2 aliphatic rings. The second kappa shape index (κ2) is 11.9. The summed E-state index contributed by atoms with van der Waals surface area (Å²) in [7, 11) is 3.49. The molecule has 1 heterocycles. The van der Waals surface area contributed by atoms with Crippen LogP contribution in [0.5, 0.6) is 0 Å². The molecule has 1 aliphatic carbocycles. The van der Waals surface area contributed by atoms with Gasteiger partial charge in [0, 0.05) is 52.9 Å². The lowest BCUT2D eigenvalue weighted by Crippen LogP contribution is -2.54. The first-order valence-corrected chi connectivity index (χ1v) is 9.14. The minimum atomic E-state index is 0. The van der Waals surface area contributed by atoms with E-state index in [1.165, 1.54) is 19.3 Å². The molecule has 7 nitrogen and oxygen atoms in total. The number of nitrogens with zero attached hydrogens (tertiary/aromatic N) is 3. The first kappa shape index (κ1) is 22.4. The first-order valence-electron chi connectivity index (χ1n) is 9.14. The molecule has 8 heteroatoms. The van der Waals surface area contributed by atoms with Crippen LogP contribution in [-0.2, 0) is 9.53 Å². The highest BCUT2D eigenvalue weighted by molar-refractivity contribution is 14.0. The summed E-state index contributed by atoms with van der Waals surface area (Å²) in [6.45, 7) is 7.45. The summed E-state index contributed by atoms with van der Waals surface area (Å²) in [5.41, 5.74) is 0. The van der Waals surface area contributed by atoms with Crippen molar-refractivity contribution >= 4 is 35.8 Å². The molecule has 1 amide bonds. The van der Waals surface area contributed by atoms with Crippen LogP contribution in [0.3, 0.4) is 0 Å². The highest BCUT2D eigenvalue weighted by Crippen LogP contribution is 2.34. The van der Waals surface area contributed by atoms with Crippen molar-refractivity contribution in [1.29, 1.82) is 0 Å². The van der Waals surface area contributed by atoms with Gasteiger partial charge >= 0.3 is 0 Å². The molecule has 2 rings (SSSR count). The van der Waals surface area contributed by atoms with Crippen LogP contribution in [0.25, 0.3) is 0 Å². The Bertz CT molecular complexity index is 427. The van der Waals surface area contributed by atoms with E-state index in [1.807, 2.05) is 7.05 Å². The minimum Gasteiger partial charge on any atom is -0.383 e. The van der Waals surface area contributed by atoms with Gasteiger partial charge in [-0.25, -0.2) is 0 Å². The van der Waals surface area contributed by atoms with Gasteiger partial charge in [-0.05, 0) is 18.8 Å². The molecule has 2 fully saturated rings. The average Bonchev–Trinajstić information content (AvgIpc) is 3.32. The summed E-state index contributed by atoms with van der Waals surface area (Å²) in [5.74, 6) is 1.91. The van der Waals surface area contributed by atoms with Crippen LogP contribution >= 0.6 is 24.0 Å². The normalized spacial score (nSPS) is 23.8. The lowest BCUT2D eigenvalue weighted by Gasteiger charge is -2.36. The third-order valence-corrected chi connectivity index (χ3v) is 4.78. The number of nitrogens with one attached hydrogen (secondary N) is 2. The predicted octanol–water partition coefficient (Wildman–Crippen LogP) is 0.749. The van der Waals surface area contributed by atoms with E-state index in [9.17, 15) is 4.79 Å². The van der Waals surface area contributed by atoms with Gasteiger partial charge < -0.3 is 20.3 Å². The van der Waals surface area contributed by atoms with Gasteiger partial charge in [0.15, 0.2) is 5.96 Å². The number of piperazine rings is 1. The average molecular weight is 467 g/mol. The van der Waals surface area contributed by atoms with E-state index in [-0.39, 0.29) is 29.9 Å². The van der Waals surface area contributed by atoms with Gasteiger partial charge in [-0.3, -0.25) is 14.7 Å². The second-order valence-corrected chi connectivity index (χ2v) is 6.69. The Labute approximate surface area is 169 Å². The fourth-order valence-corrected chi connectivity index (χ4v) is 3.25. The minimum absolute atomic E-state index is 0. The molecule has 1 saturated carbocycles. The largest absolute Gasteiger partial charge is 0.383 e. The maximum absolute atomic E-state index is 11.9. The Morgan fingerprint density at radius 3 is 2.60 bits per heavy atom. The fraction of sp³-hybridized carbons (Fsp3) is 0.882. The summed E-state index contributed by atoms with van der Waals surface area (Å²) in [5, 5.41) is 6.47. The van der Waals surface area contributed by atoms with Gasteiger partial charge in [-0.1, -0.05) is 13.3 Å². The number of carbonyl (C=O) groups is 1. The van der Waals surface area contributed by atoms with Crippen LogP contribution in [-0.4, -0.2) is 87.7 Å². The van der Waals surface area contributed by atoms with Gasteiger partial charge in [-0.15, -0.1) is 24.0 Å². The molecule has 25 heavy (non-hydrogen) atoms. The van der Waals surface area contributed by atoms with E-state index < -0.39 is 0 Å². The monoisotopic (exact) mass is 467 g/mol. The molecule has 0 aromatic carbocycles. The van der Waals surface area contributed by atoms with E-state index in [2.05, 4.69) is 32.3 Å². The maximum Gasteiger partial charge on any atom is 0.234 e. The summed E-state index contributed by atoms with van der Waals surface area (Å²) >= 11 is 0. The molecule has 0 radical (unpaired) electrons. The van der Waals surface area contributed by atoms with Crippen molar-refractivity contribution < 1.29 is 9.53 Å². The summed E-state index contributed by atoms with van der Waals surface area (Å²) < 4.78 is 4.94. The number of carbonyl (C=O) groups excluding carboxylic acids is 1. The Kier molecular flexibility index (Phi) is 10.7. The molecule has 2 N–H and O–H groups in total. The van der Waals surface area contributed by atoms with Crippen LogP contribution in [0, 0.1) is 5.92 Å². The van der Waals surface area contributed by atoms with Gasteiger partial charge in [0.25, 0.3) is 0 Å². The lowest BCUT2D eigenvalue weighted by molar-refractivity contribution is -0.122. The van der Waals surface area contributed by atoms with Crippen molar-refractivity contribution in [3.8, 4) is 0 Å². The van der Waals surface area contributed by atoms with E-state index in [0.717, 1.165) is 38.1 Å². The smallest absolute Gasteiger partial charge is 0.234 e. The molecule has 0 aromatic heterocycles.